The van der Waals surface area contributed by atoms with Crippen LogP contribution in [-0.2, 0) is 9.59 Å². The second-order valence-electron chi connectivity index (χ2n) is 4.58. The quantitative estimate of drug-likeness (QED) is 0.632. The molecule has 7 nitrogen and oxygen atoms in total. The van der Waals surface area contributed by atoms with Crippen LogP contribution in [0.4, 0.5) is 4.79 Å². The van der Waals surface area contributed by atoms with Crippen molar-refractivity contribution in [3.63, 3.8) is 0 Å². The van der Waals surface area contributed by atoms with E-state index in [2.05, 4.69) is 5.32 Å². The summed E-state index contributed by atoms with van der Waals surface area (Å²) < 4.78 is 0. The van der Waals surface area contributed by atoms with Gasteiger partial charge in [-0.1, -0.05) is 0 Å². The molecule has 2 fully saturated rings. The first-order chi connectivity index (χ1) is 8.54. The van der Waals surface area contributed by atoms with Crippen molar-refractivity contribution in [2.24, 2.45) is 0 Å². The van der Waals surface area contributed by atoms with Gasteiger partial charge in [0.2, 0.25) is 11.8 Å². The van der Waals surface area contributed by atoms with Crippen molar-refractivity contribution < 1.29 is 14.4 Å². The summed E-state index contributed by atoms with van der Waals surface area (Å²) in [5, 5.41) is 2.71. The topological polar surface area (TPSA) is 73.0 Å². The van der Waals surface area contributed by atoms with Crippen molar-refractivity contribution in [1.29, 1.82) is 0 Å². The Bertz CT molecular complexity index is 384. The molecule has 0 saturated carbocycles. The number of rotatable bonds is 1. The number of nitrogens with one attached hydrogen (secondary N) is 1. The minimum Gasteiger partial charge on any atom is -0.338 e. The highest BCUT2D eigenvalue weighted by molar-refractivity contribution is 5.95. The minimum absolute atomic E-state index is 0.0438. The van der Waals surface area contributed by atoms with Crippen LogP contribution < -0.4 is 5.32 Å². The van der Waals surface area contributed by atoms with E-state index in [1.165, 1.54) is 4.90 Å². The molecule has 0 aliphatic carbocycles. The number of fused-ring (bicyclic) bond motifs is 1. The van der Waals surface area contributed by atoms with Crippen LogP contribution in [0.3, 0.4) is 0 Å². The van der Waals surface area contributed by atoms with E-state index in [4.69, 9.17) is 0 Å². The molecule has 1 atom stereocenters. The number of piperazine rings is 2. The molecule has 2 aliphatic heterocycles. The van der Waals surface area contributed by atoms with E-state index in [1.807, 2.05) is 6.92 Å². The molecular formula is C11H18N4O3. The maximum absolute atomic E-state index is 12.0. The Kier molecular flexibility index (Phi) is 3.40. The fraction of sp³-hybridized carbons (Fsp3) is 0.727. The number of nitrogens with zero attached hydrogens (tertiary/aromatic N) is 3. The first-order valence-corrected chi connectivity index (χ1v) is 6.11. The molecule has 2 rings (SSSR count). The number of likely N-dealkylation sites (N-methyl/N-ethyl adjacent to an activating group) is 1. The molecule has 0 unspecified atom stereocenters. The third-order valence-corrected chi connectivity index (χ3v) is 3.35. The van der Waals surface area contributed by atoms with E-state index in [-0.39, 0.29) is 30.9 Å². The monoisotopic (exact) mass is 254 g/mol. The first kappa shape index (κ1) is 12.7. The van der Waals surface area contributed by atoms with Crippen molar-refractivity contribution in [2.75, 3.05) is 39.8 Å². The Balaban J connectivity index is 2.08. The molecule has 0 aromatic heterocycles. The normalized spacial score (nSPS) is 24.1. The van der Waals surface area contributed by atoms with Gasteiger partial charge in [-0.05, 0) is 6.92 Å². The summed E-state index contributed by atoms with van der Waals surface area (Å²) in [5.74, 6) is -0.138. The Morgan fingerprint density at radius 3 is 2.78 bits per heavy atom. The molecular weight excluding hydrogens is 236 g/mol. The summed E-state index contributed by atoms with van der Waals surface area (Å²) in [6, 6.07) is -0.696. The zero-order valence-corrected chi connectivity index (χ0v) is 10.7. The standard InChI is InChI=1S/C11H18N4O3/c1-3-12-11(18)14-4-5-15-8(6-14)10(17)13(2)7-9(15)16/h8H,3-7H2,1-2H3,(H,12,18)/t8-/m1/s1. The molecule has 2 heterocycles. The number of urea groups is 1. The van der Waals surface area contributed by atoms with Crippen LogP contribution in [0.15, 0.2) is 0 Å². The van der Waals surface area contributed by atoms with Gasteiger partial charge >= 0.3 is 6.03 Å². The van der Waals surface area contributed by atoms with Gasteiger partial charge in [0.15, 0.2) is 0 Å². The molecule has 0 radical (unpaired) electrons. The Morgan fingerprint density at radius 2 is 2.11 bits per heavy atom. The fourth-order valence-electron chi connectivity index (χ4n) is 2.37. The summed E-state index contributed by atoms with van der Waals surface area (Å²) in [5.41, 5.74) is 0. The van der Waals surface area contributed by atoms with E-state index >= 15 is 0 Å². The molecule has 18 heavy (non-hydrogen) atoms. The van der Waals surface area contributed by atoms with Crippen LogP contribution in [0.2, 0.25) is 0 Å². The summed E-state index contributed by atoms with van der Waals surface area (Å²) in [6.45, 7) is 3.72. The van der Waals surface area contributed by atoms with E-state index in [1.54, 1.807) is 16.8 Å². The molecule has 0 aromatic rings. The molecule has 1 N–H and O–H groups in total. The molecule has 0 spiro atoms. The van der Waals surface area contributed by atoms with Crippen LogP contribution in [0.25, 0.3) is 0 Å². The highest BCUT2D eigenvalue weighted by Crippen LogP contribution is 2.17. The Labute approximate surface area is 106 Å². The summed E-state index contributed by atoms with van der Waals surface area (Å²) >= 11 is 0. The lowest BCUT2D eigenvalue weighted by molar-refractivity contribution is -0.157. The minimum atomic E-state index is -0.521. The van der Waals surface area contributed by atoms with Gasteiger partial charge in [0.05, 0.1) is 13.1 Å². The van der Waals surface area contributed by atoms with Gasteiger partial charge in [-0.25, -0.2) is 4.79 Å². The number of carbonyl (C=O) groups is 3. The second kappa shape index (κ2) is 4.83. The van der Waals surface area contributed by atoms with Crippen LogP contribution >= 0.6 is 0 Å². The van der Waals surface area contributed by atoms with E-state index in [0.29, 0.717) is 19.6 Å². The lowest BCUT2D eigenvalue weighted by Crippen LogP contribution is -2.67. The third kappa shape index (κ3) is 2.12. The van der Waals surface area contributed by atoms with Crippen molar-refractivity contribution in [1.82, 2.24) is 20.0 Å². The van der Waals surface area contributed by atoms with Crippen LogP contribution in [-0.4, -0.2) is 78.4 Å². The van der Waals surface area contributed by atoms with E-state index in [9.17, 15) is 14.4 Å². The highest BCUT2D eigenvalue weighted by atomic mass is 16.2. The van der Waals surface area contributed by atoms with Crippen LogP contribution in [0.1, 0.15) is 6.92 Å². The number of hydrogen-bond acceptors (Lipinski definition) is 3. The molecule has 4 amide bonds. The number of amides is 4. The van der Waals surface area contributed by atoms with Gasteiger partial charge < -0.3 is 20.0 Å². The molecule has 2 saturated heterocycles. The third-order valence-electron chi connectivity index (χ3n) is 3.35. The van der Waals surface area contributed by atoms with Crippen molar-refractivity contribution in [3.05, 3.63) is 0 Å². The second-order valence-corrected chi connectivity index (χ2v) is 4.58. The van der Waals surface area contributed by atoms with Crippen LogP contribution in [0, 0.1) is 0 Å². The first-order valence-electron chi connectivity index (χ1n) is 6.11. The fourth-order valence-corrected chi connectivity index (χ4v) is 2.37. The van der Waals surface area contributed by atoms with Gasteiger partial charge in [-0.15, -0.1) is 0 Å². The van der Waals surface area contributed by atoms with Gasteiger partial charge in [0.25, 0.3) is 0 Å². The molecule has 0 bridgehead atoms. The van der Waals surface area contributed by atoms with Crippen molar-refractivity contribution in [3.8, 4) is 0 Å². The lowest BCUT2D eigenvalue weighted by Gasteiger charge is -2.45. The van der Waals surface area contributed by atoms with Crippen molar-refractivity contribution in [2.45, 2.75) is 13.0 Å². The SMILES string of the molecule is CCNC(=O)N1CCN2C(=O)CN(C)C(=O)[C@H]2C1. The Morgan fingerprint density at radius 1 is 1.39 bits per heavy atom. The van der Waals surface area contributed by atoms with E-state index < -0.39 is 6.04 Å². The highest BCUT2D eigenvalue weighted by Gasteiger charge is 2.42. The predicted molar refractivity (Wildman–Crippen MR) is 63.8 cm³/mol. The molecule has 7 heteroatoms. The summed E-state index contributed by atoms with van der Waals surface area (Å²) in [6.07, 6.45) is 0. The lowest BCUT2D eigenvalue weighted by atomic mass is 10.1. The maximum Gasteiger partial charge on any atom is 0.317 e. The Hall–Kier alpha value is -1.79. The molecule has 0 aromatic carbocycles. The average Bonchev–Trinajstić information content (AvgIpc) is 2.36. The predicted octanol–water partition coefficient (Wildman–Crippen LogP) is -1.30. The molecule has 100 valence electrons. The summed E-state index contributed by atoms with van der Waals surface area (Å²) in [4.78, 5) is 40.1. The van der Waals surface area contributed by atoms with Gasteiger partial charge in [0, 0.05) is 26.7 Å². The summed E-state index contributed by atoms with van der Waals surface area (Å²) in [7, 11) is 1.61. The van der Waals surface area contributed by atoms with Gasteiger partial charge in [-0.2, -0.15) is 0 Å². The molecule has 2 aliphatic rings. The van der Waals surface area contributed by atoms with E-state index in [0.717, 1.165) is 0 Å². The van der Waals surface area contributed by atoms with Crippen LogP contribution in [0.5, 0.6) is 0 Å². The number of hydrogen-bond donors (Lipinski definition) is 1. The maximum atomic E-state index is 12.0. The zero-order valence-electron chi connectivity index (χ0n) is 10.7. The van der Waals surface area contributed by atoms with Crippen molar-refractivity contribution >= 4 is 17.8 Å². The average molecular weight is 254 g/mol. The van der Waals surface area contributed by atoms with Gasteiger partial charge in [0.1, 0.15) is 6.04 Å². The smallest absolute Gasteiger partial charge is 0.317 e. The zero-order chi connectivity index (χ0) is 13.3. The largest absolute Gasteiger partial charge is 0.338 e. The number of carbonyl (C=O) groups excluding carboxylic acids is 3. The van der Waals surface area contributed by atoms with Gasteiger partial charge in [-0.3, -0.25) is 9.59 Å².